The van der Waals surface area contributed by atoms with Gasteiger partial charge in [0.05, 0.1) is 0 Å². The molecule has 0 aliphatic heterocycles. The number of rotatable bonds is 3. The number of ether oxygens (including phenoxy) is 1. The smallest absolute Gasteiger partial charge is 0.323 e. The van der Waals surface area contributed by atoms with Crippen LogP contribution in [-0.2, 0) is 10.2 Å². The summed E-state index contributed by atoms with van der Waals surface area (Å²) in [5, 5.41) is 9.10. The molecular weight excluding hydrogens is 254 g/mol. The SMILES string of the molecule is CC(C)(C)c1ccc(OC2CCC(N)(C(=O)O)C2)cc1. The van der Waals surface area contributed by atoms with Crippen molar-refractivity contribution in [3.63, 3.8) is 0 Å². The third kappa shape index (κ3) is 3.12. The lowest BCUT2D eigenvalue weighted by Gasteiger charge is -2.21. The van der Waals surface area contributed by atoms with Crippen molar-refractivity contribution >= 4 is 5.97 Å². The quantitative estimate of drug-likeness (QED) is 0.891. The summed E-state index contributed by atoms with van der Waals surface area (Å²) in [6.45, 7) is 6.49. The van der Waals surface area contributed by atoms with Crippen LogP contribution in [-0.4, -0.2) is 22.7 Å². The molecule has 20 heavy (non-hydrogen) atoms. The predicted octanol–water partition coefficient (Wildman–Crippen LogP) is 2.70. The van der Waals surface area contributed by atoms with Crippen LogP contribution in [0.2, 0.25) is 0 Å². The van der Waals surface area contributed by atoms with E-state index in [0.717, 1.165) is 5.75 Å². The fourth-order valence-electron chi connectivity index (χ4n) is 2.55. The summed E-state index contributed by atoms with van der Waals surface area (Å²) < 4.78 is 5.85. The molecule has 1 fully saturated rings. The van der Waals surface area contributed by atoms with E-state index in [1.165, 1.54) is 5.56 Å². The molecule has 1 aromatic carbocycles. The van der Waals surface area contributed by atoms with Crippen molar-refractivity contribution in [1.29, 1.82) is 0 Å². The lowest BCUT2D eigenvalue weighted by atomic mass is 9.87. The van der Waals surface area contributed by atoms with Gasteiger partial charge < -0.3 is 15.6 Å². The lowest BCUT2D eigenvalue weighted by Crippen LogP contribution is -2.46. The summed E-state index contributed by atoms with van der Waals surface area (Å²) in [5.41, 5.74) is 6.08. The normalized spacial score (nSPS) is 26.5. The zero-order valence-electron chi connectivity index (χ0n) is 12.3. The van der Waals surface area contributed by atoms with Crippen LogP contribution >= 0.6 is 0 Å². The molecule has 4 nitrogen and oxygen atoms in total. The zero-order chi connectivity index (χ0) is 15.0. The molecule has 0 amide bonds. The van der Waals surface area contributed by atoms with E-state index in [-0.39, 0.29) is 11.5 Å². The highest BCUT2D eigenvalue weighted by Gasteiger charge is 2.43. The molecule has 3 N–H and O–H groups in total. The molecule has 0 spiro atoms. The molecule has 4 heteroatoms. The van der Waals surface area contributed by atoms with Gasteiger partial charge in [0.2, 0.25) is 0 Å². The van der Waals surface area contributed by atoms with Gasteiger partial charge in [-0.05, 0) is 36.0 Å². The molecule has 0 radical (unpaired) electrons. The monoisotopic (exact) mass is 277 g/mol. The Balaban J connectivity index is 2.00. The van der Waals surface area contributed by atoms with Gasteiger partial charge >= 0.3 is 5.97 Å². The van der Waals surface area contributed by atoms with E-state index in [9.17, 15) is 4.79 Å². The molecule has 1 aliphatic carbocycles. The van der Waals surface area contributed by atoms with E-state index in [1.807, 2.05) is 12.1 Å². The molecule has 0 heterocycles. The number of carboxylic acids is 1. The van der Waals surface area contributed by atoms with E-state index in [2.05, 4.69) is 32.9 Å². The Kier molecular flexibility index (Phi) is 3.78. The molecule has 0 bridgehead atoms. The molecule has 0 aromatic heterocycles. The molecule has 2 atom stereocenters. The van der Waals surface area contributed by atoms with Gasteiger partial charge in [0.15, 0.2) is 0 Å². The molecule has 2 rings (SSSR count). The first kappa shape index (κ1) is 14.9. The van der Waals surface area contributed by atoms with Crippen LogP contribution in [0.1, 0.15) is 45.6 Å². The zero-order valence-corrected chi connectivity index (χ0v) is 12.3. The van der Waals surface area contributed by atoms with Crippen molar-refractivity contribution in [2.75, 3.05) is 0 Å². The number of nitrogens with two attached hydrogens (primary N) is 1. The van der Waals surface area contributed by atoms with Crippen molar-refractivity contribution in [3.05, 3.63) is 29.8 Å². The van der Waals surface area contributed by atoms with Crippen LogP contribution in [0.3, 0.4) is 0 Å². The Morgan fingerprint density at radius 1 is 1.35 bits per heavy atom. The van der Waals surface area contributed by atoms with Crippen molar-refractivity contribution in [1.82, 2.24) is 0 Å². The predicted molar refractivity (Wildman–Crippen MR) is 78.0 cm³/mol. The fourth-order valence-corrected chi connectivity index (χ4v) is 2.55. The van der Waals surface area contributed by atoms with Gasteiger partial charge in [-0.2, -0.15) is 0 Å². The second kappa shape index (κ2) is 5.09. The highest BCUT2D eigenvalue weighted by atomic mass is 16.5. The Labute approximate surface area is 119 Å². The largest absolute Gasteiger partial charge is 0.490 e. The molecule has 1 saturated carbocycles. The first-order valence-electron chi connectivity index (χ1n) is 7.00. The Bertz CT molecular complexity index is 489. The lowest BCUT2D eigenvalue weighted by molar-refractivity contribution is -0.143. The number of carboxylic acid groups (broad SMARTS) is 1. The summed E-state index contributed by atoms with van der Waals surface area (Å²) >= 11 is 0. The molecule has 2 unspecified atom stereocenters. The van der Waals surface area contributed by atoms with Gasteiger partial charge in [-0.15, -0.1) is 0 Å². The average molecular weight is 277 g/mol. The first-order valence-corrected chi connectivity index (χ1v) is 7.00. The van der Waals surface area contributed by atoms with Gasteiger partial charge in [0, 0.05) is 6.42 Å². The fraction of sp³-hybridized carbons (Fsp3) is 0.562. The van der Waals surface area contributed by atoms with Crippen molar-refractivity contribution in [2.24, 2.45) is 5.73 Å². The van der Waals surface area contributed by atoms with Crippen LogP contribution in [0.5, 0.6) is 5.75 Å². The summed E-state index contributed by atoms with van der Waals surface area (Å²) in [7, 11) is 0. The number of hydrogen-bond donors (Lipinski definition) is 2. The van der Waals surface area contributed by atoms with Gasteiger partial charge in [0.1, 0.15) is 17.4 Å². The first-order chi connectivity index (χ1) is 9.21. The van der Waals surface area contributed by atoms with E-state index >= 15 is 0 Å². The molecular formula is C16H23NO3. The minimum atomic E-state index is -1.13. The highest BCUT2D eigenvalue weighted by Crippen LogP contribution is 2.32. The van der Waals surface area contributed by atoms with Crippen LogP contribution in [0.4, 0.5) is 0 Å². The maximum absolute atomic E-state index is 11.1. The summed E-state index contributed by atoms with van der Waals surface area (Å²) in [6.07, 6.45) is 1.40. The highest BCUT2D eigenvalue weighted by molar-refractivity contribution is 5.79. The van der Waals surface area contributed by atoms with Crippen molar-refractivity contribution in [3.8, 4) is 5.75 Å². The maximum Gasteiger partial charge on any atom is 0.323 e. The van der Waals surface area contributed by atoms with Gasteiger partial charge in [0.25, 0.3) is 0 Å². The summed E-state index contributed by atoms with van der Waals surface area (Å²) in [4.78, 5) is 11.1. The third-order valence-corrected chi connectivity index (χ3v) is 3.95. The van der Waals surface area contributed by atoms with E-state index in [4.69, 9.17) is 15.6 Å². The second-order valence-electron chi connectivity index (χ2n) is 6.72. The minimum Gasteiger partial charge on any atom is -0.490 e. The standard InChI is InChI=1S/C16H23NO3/c1-15(2,3)11-4-6-12(7-5-11)20-13-8-9-16(17,10-13)14(18)19/h4-7,13H,8-10,17H2,1-3H3,(H,18,19). The number of carbonyl (C=O) groups is 1. The van der Waals surface area contributed by atoms with Crippen LogP contribution in [0, 0.1) is 0 Å². The van der Waals surface area contributed by atoms with Crippen molar-refractivity contribution in [2.45, 2.75) is 57.1 Å². The molecule has 1 aromatic rings. The van der Waals surface area contributed by atoms with E-state index in [0.29, 0.717) is 19.3 Å². The van der Waals surface area contributed by atoms with Crippen LogP contribution < -0.4 is 10.5 Å². The molecule has 1 aliphatic rings. The van der Waals surface area contributed by atoms with E-state index < -0.39 is 11.5 Å². The third-order valence-electron chi connectivity index (χ3n) is 3.95. The molecule has 0 saturated heterocycles. The van der Waals surface area contributed by atoms with Crippen molar-refractivity contribution < 1.29 is 14.6 Å². The Morgan fingerprint density at radius 2 is 1.95 bits per heavy atom. The number of aliphatic carboxylic acids is 1. The van der Waals surface area contributed by atoms with Gasteiger partial charge in [-0.3, -0.25) is 4.79 Å². The summed E-state index contributed by atoms with van der Waals surface area (Å²) in [5.74, 6) is -0.163. The number of benzene rings is 1. The number of hydrogen-bond acceptors (Lipinski definition) is 3. The summed E-state index contributed by atoms with van der Waals surface area (Å²) in [6, 6.07) is 7.99. The second-order valence-corrected chi connectivity index (χ2v) is 6.72. The van der Waals surface area contributed by atoms with Gasteiger partial charge in [-0.1, -0.05) is 32.9 Å². The Hall–Kier alpha value is -1.55. The average Bonchev–Trinajstić information content (AvgIpc) is 2.72. The molecule has 110 valence electrons. The maximum atomic E-state index is 11.1. The van der Waals surface area contributed by atoms with Gasteiger partial charge in [-0.25, -0.2) is 0 Å². The van der Waals surface area contributed by atoms with E-state index in [1.54, 1.807) is 0 Å². The minimum absolute atomic E-state index is 0.113. The topological polar surface area (TPSA) is 72.5 Å². The van der Waals surface area contributed by atoms with Crippen LogP contribution in [0.25, 0.3) is 0 Å². The Morgan fingerprint density at radius 3 is 2.40 bits per heavy atom. The van der Waals surface area contributed by atoms with Crippen LogP contribution in [0.15, 0.2) is 24.3 Å².